The van der Waals surface area contributed by atoms with Crippen LogP contribution in [-0.4, -0.2) is 14.2 Å². The molecule has 0 heterocycles. The summed E-state index contributed by atoms with van der Waals surface area (Å²) in [6.07, 6.45) is 3.86. The first kappa shape index (κ1) is 14.0. The predicted octanol–water partition coefficient (Wildman–Crippen LogP) is 2.93. The van der Waals surface area contributed by atoms with Crippen molar-refractivity contribution in [1.82, 2.24) is 0 Å². The van der Waals surface area contributed by atoms with Crippen LogP contribution in [0.1, 0.15) is 38.2 Å². The molecule has 0 aliphatic carbocycles. The molecule has 1 aromatic carbocycles. The van der Waals surface area contributed by atoms with Crippen LogP contribution in [0.25, 0.3) is 0 Å². The summed E-state index contributed by atoms with van der Waals surface area (Å²) in [7, 11) is -3.22. The molecule has 3 nitrogen and oxygen atoms in total. The Bertz CT molecular complexity index is 466. The molecule has 4 heteroatoms. The Kier molecular flexibility index (Phi) is 5.00. The fourth-order valence-electron chi connectivity index (χ4n) is 1.75. The van der Waals surface area contributed by atoms with Gasteiger partial charge < -0.3 is 5.73 Å². The first-order valence-electron chi connectivity index (χ1n) is 6.07. The maximum atomic E-state index is 12.1. The van der Waals surface area contributed by atoms with E-state index in [-0.39, 0.29) is 10.6 Å². The number of unbranched alkanes of at least 4 members (excludes halogenated alkanes) is 3. The van der Waals surface area contributed by atoms with Crippen molar-refractivity contribution in [2.75, 3.05) is 11.5 Å². The Hall–Kier alpha value is -1.03. The van der Waals surface area contributed by atoms with Gasteiger partial charge in [0.05, 0.1) is 16.3 Å². The Balaban J connectivity index is 2.79. The van der Waals surface area contributed by atoms with Gasteiger partial charge in [0.15, 0.2) is 9.84 Å². The maximum absolute atomic E-state index is 12.1. The lowest BCUT2D eigenvalue weighted by Crippen LogP contribution is -2.10. The Labute approximate surface area is 104 Å². The summed E-state index contributed by atoms with van der Waals surface area (Å²) in [4.78, 5) is 0.286. The molecule has 2 N–H and O–H groups in total. The average molecular weight is 255 g/mol. The Morgan fingerprint density at radius 1 is 1.18 bits per heavy atom. The summed E-state index contributed by atoms with van der Waals surface area (Å²) in [6, 6.07) is 5.16. The molecule has 96 valence electrons. The highest BCUT2D eigenvalue weighted by atomic mass is 32.2. The van der Waals surface area contributed by atoms with Crippen LogP contribution < -0.4 is 5.73 Å². The molecule has 0 radical (unpaired) electrons. The zero-order valence-electron chi connectivity index (χ0n) is 10.6. The van der Waals surface area contributed by atoms with Gasteiger partial charge in [-0.2, -0.15) is 0 Å². The van der Waals surface area contributed by atoms with Crippen LogP contribution in [0.15, 0.2) is 23.1 Å². The van der Waals surface area contributed by atoms with Crippen molar-refractivity contribution in [3.63, 3.8) is 0 Å². The fraction of sp³-hybridized carbons (Fsp3) is 0.538. The van der Waals surface area contributed by atoms with Gasteiger partial charge >= 0.3 is 0 Å². The summed E-state index contributed by atoms with van der Waals surface area (Å²) in [5, 5.41) is 0. The average Bonchev–Trinajstić information content (AvgIpc) is 2.28. The number of para-hydroxylation sites is 1. The van der Waals surface area contributed by atoms with E-state index in [0.29, 0.717) is 12.1 Å². The number of hydrogen-bond acceptors (Lipinski definition) is 3. The number of anilines is 1. The third kappa shape index (κ3) is 3.73. The number of nitrogens with two attached hydrogens (primary N) is 1. The largest absolute Gasteiger partial charge is 0.397 e. The molecule has 0 bridgehead atoms. The van der Waals surface area contributed by atoms with Crippen LogP contribution in [0.4, 0.5) is 5.69 Å². The zero-order valence-corrected chi connectivity index (χ0v) is 11.4. The van der Waals surface area contributed by atoms with Crippen LogP contribution in [0.3, 0.4) is 0 Å². The number of rotatable bonds is 6. The second-order valence-corrected chi connectivity index (χ2v) is 6.44. The number of hydrogen-bond donors (Lipinski definition) is 1. The van der Waals surface area contributed by atoms with Gasteiger partial charge in [0.25, 0.3) is 0 Å². The quantitative estimate of drug-likeness (QED) is 0.628. The monoisotopic (exact) mass is 255 g/mol. The van der Waals surface area contributed by atoms with Gasteiger partial charge in [-0.25, -0.2) is 8.42 Å². The standard InChI is InChI=1S/C13H21NO2S/c1-3-4-5-6-10-17(15,16)12-9-7-8-11(2)13(12)14/h7-9H,3-6,10,14H2,1-2H3. The molecular formula is C13H21NO2S. The minimum absolute atomic E-state index is 0.195. The normalized spacial score (nSPS) is 11.6. The second-order valence-electron chi connectivity index (χ2n) is 4.37. The Morgan fingerprint density at radius 3 is 2.53 bits per heavy atom. The van der Waals surface area contributed by atoms with Crippen molar-refractivity contribution in [3.8, 4) is 0 Å². The minimum atomic E-state index is -3.22. The van der Waals surface area contributed by atoms with Gasteiger partial charge in [0.2, 0.25) is 0 Å². The van der Waals surface area contributed by atoms with Crippen molar-refractivity contribution < 1.29 is 8.42 Å². The smallest absolute Gasteiger partial charge is 0.180 e. The van der Waals surface area contributed by atoms with E-state index < -0.39 is 9.84 Å². The number of benzene rings is 1. The van der Waals surface area contributed by atoms with Gasteiger partial charge in [-0.1, -0.05) is 38.3 Å². The molecule has 0 aliphatic heterocycles. The van der Waals surface area contributed by atoms with Crippen molar-refractivity contribution in [1.29, 1.82) is 0 Å². The molecule has 0 unspecified atom stereocenters. The van der Waals surface area contributed by atoms with E-state index in [1.807, 2.05) is 13.0 Å². The second kappa shape index (κ2) is 6.05. The molecule has 0 aromatic heterocycles. The molecule has 1 rings (SSSR count). The molecule has 0 atom stereocenters. The summed E-state index contributed by atoms with van der Waals surface area (Å²) >= 11 is 0. The molecule has 17 heavy (non-hydrogen) atoms. The molecule has 1 aromatic rings. The highest BCUT2D eigenvalue weighted by molar-refractivity contribution is 7.91. The van der Waals surface area contributed by atoms with E-state index in [4.69, 9.17) is 5.73 Å². The van der Waals surface area contributed by atoms with Crippen LogP contribution in [0.5, 0.6) is 0 Å². The van der Waals surface area contributed by atoms with Crippen LogP contribution in [0, 0.1) is 6.92 Å². The zero-order chi connectivity index (χ0) is 12.9. The van der Waals surface area contributed by atoms with Crippen LogP contribution in [-0.2, 0) is 9.84 Å². The van der Waals surface area contributed by atoms with Crippen molar-refractivity contribution in [2.24, 2.45) is 0 Å². The van der Waals surface area contributed by atoms with E-state index in [1.54, 1.807) is 12.1 Å². The Morgan fingerprint density at radius 2 is 1.88 bits per heavy atom. The van der Waals surface area contributed by atoms with E-state index >= 15 is 0 Å². The first-order chi connectivity index (χ1) is 7.99. The molecular weight excluding hydrogens is 234 g/mol. The number of aryl methyl sites for hydroxylation is 1. The fourth-order valence-corrected chi connectivity index (χ4v) is 3.34. The van der Waals surface area contributed by atoms with Crippen molar-refractivity contribution >= 4 is 15.5 Å². The molecule has 0 spiro atoms. The van der Waals surface area contributed by atoms with Gasteiger partial charge in [-0.3, -0.25) is 0 Å². The molecule has 0 amide bonds. The summed E-state index contributed by atoms with van der Waals surface area (Å²) in [6.45, 7) is 3.93. The third-order valence-corrected chi connectivity index (χ3v) is 4.74. The molecule has 0 saturated carbocycles. The molecule has 0 saturated heterocycles. The summed E-state index contributed by atoms with van der Waals surface area (Å²) in [5.41, 5.74) is 7.03. The SMILES string of the molecule is CCCCCCS(=O)(=O)c1cccc(C)c1N. The van der Waals surface area contributed by atoms with Crippen molar-refractivity contribution in [2.45, 2.75) is 44.4 Å². The lowest BCUT2D eigenvalue weighted by Gasteiger charge is -2.09. The lowest BCUT2D eigenvalue weighted by atomic mass is 10.2. The van der Waals surface area contributed by atoms with Crippen LogP contribution in [0.2, 0.25) is 0 Å². The highest BCUT2D eigenvalue weighted by Gasteiger charge is 2.17. The maximum Gasteiger partial charge on any atom is 0.180 e. The number of sulfone groups is 1. The first-order valence-corrected chi connectivity index (χ1v) is 7.72. The summed E-state index contributed by atoms with van der Waals surface area (Å²) in [5.74, 6) is 0.195. The van der Waals surface area contributed by atoms with Gasteiger partial charge in [-0.15, -0.1) is 0 Å². The lowest BCUT2D eigenvalue weighted by molar-refractivity contribution is 0.589. The molecule has 0 aliphatic rings. The minimum Gasteiger partial charge on any atom is -0.397 e. The summed E-state index contributed by atoms with van der Waals surface area (Å²) < 4.78 is 24.2. The van der Waals surface area contributed by atoms with Gasteiger partial charge in [0, 0.05) is 0 Å². The van der Waals surface area contributed by atoms with E-state index in [9.17, 15) is 8.42 Å². The highest BCUT2D eigenvalue weighted by Crippen LogP contribution is 2.23. The van der Waals surface area contributed by atoms with Crippen LogP contribution >= 0.6 is 0 Å². The molecule has 0 fully saturated rings. The third-order valence-electron chi connectivity index (χ3n) is 2.89. The van der Waals surface area contributed by atoms with E-state index in [2.05, 4.69) is 6.92 Å². The van der Waals surface area contributed by atoms with Crippen molar-refractivity contribution in [3.05, 3.63) is 23.8 Å². The predicted molar refractivity (Wildman–Crippen MR) is 71.8 cm³/mol. The number of nitrogen functional groups attached to an aromatic ring is 1. The van der Waals surface area contributed by atoms with E-state index in [1.165, 1.54) is 0 Å². The topological polar surface area (TPSA) is 60.2 Å². The van der Waals surface area contributed by atoms with Gasteiger partial charge in [-0.05, 0) is 25.0 Å². The van der Waals surface area contributed by atoms with Gasteiger partial charge in [0.1, 0.15) is 0 Å². The van der Waals surface area contributed by atoms with E-state index in [0.717, 1.165) is 24.8 Å².